The number of Topliss-reactive ketones (excluding diaryl/α,β-unsaturated/α-hetero) is 4. The molecule has 0 aliphatic carbocycles. The van der Waals surface area contributed by atoms with Gasteiger partial charge in [-0.2, -0.15) is 0 Å². The number of aromatic carboxylic acids is 2. The van der Waals surface area contributed by atoms with Crippen LogP contribution < -0.4 is 36.1 Å². The van der Waals surface area contributed by atoms with Crippen molar-refractivity contribution in [2.75, 3.05) is 145 Å². The Morgan fingerprint density at radius 2 is 0.692 bits per heavy atom. The highest BCUT2D eigenvalue weighted by atomic mass is 16.5. The third kappa shape index (κ3) is 59.4. The number of unbranched alkanes of at least 4 members (excludes halogenated alkanes) is 12. The Morgan fingerprint density at radius 1 is 0.299 bits per heavy atom. The van der Waals surface area contributed by atoms with Crippen LogP contribution in [0.4, 0.5) is 0 Å². The van der Waals surface area contributed by atoms with Crippen LogP contribution in [-0.4, -0.2) is 259 Å². The van der Waals surface area contributed by atoms with Gasteiger partial charge in [0.25, 0.3) is 0 Å². The standard InChI is InChI=1S/C83H129N5O29/c1-62(20-12-14-38-84-76(95)59-113-53-49-109-43-19-24-69(91)58-112-52-50-110-46-40-86-74(93)37-30-66(82(104)105)56-68(90)22-10-6-2-4-8-16-44-116-70-32-26-63(27-33-70)79(98)99)73(92)57-65(81(102)103)21-13-15-39-85-77(96)60-115-55-51-111-47-41-87-78(97)61-114-54-48-108-42-18-23-67(89)31-36-72(83(106)107)88-75(94)25-11-7-3-5-9-17-45-117-71-34-28-64(29-35-71)80(100)101/h26-29,32-35,62,65-66,72H,2-25,30-31,36-61H2,1H3,(H,84,95)(H,85,96)(H,86,93)(H,87,97)(H,88,94)(H,98,99)(H,100,101)(H,102,103)(H,104,105)(H,106,107)/t62-,65+,66+,72-/m0/s1. The molecule has 2 aromatic rings. The van der Waals surface area contributed by atoms with Gasteiger partial charge in [-0.05, 0) is 126 Å². The molecule has 0 radical (unpaired) electrons. The van der Waals surface area contributed by atoms with Crippen molar-refractivity contribution in [3.63, 3.8) is 0 Å². The molecule has 5 amide bonds. The number of benzene rings is 2. The molecule has 0 fully saturated rings. The van der Waals surface area contributed by atoms with Crippen molar-refractivity contribution in [2.24, 2.45) is 17.8 Å². The molecule has 2 aromatic carbocycles. The van der Waals surface area contributed by atoms with Crippen LogP contribution in [0.2, 0.25) is 0 Å². The number of ether oxygens (including phenoxy) is 10. The van der Waals surface area contributed by atoms with Gasteiger partial charge in [0.2, 0.25) is 29.5 Å². The fourth-order valence-electron chi connectivity index (χ4n) is 11.5. The molecule has 0 aromatic heterocycles. The summed E-state index contributed by atoms with van der Waals surface area (Å²) in [5.41, 5.74) is 0.390. The number of amides is 5. The zero-order valence-corrected chi connectivity index (χ0v) is 68.2. The topological polar surface area (TPSA) is 493 Å². The number of aliphatic carboxylic acids is 3. The molecule has 117 heavy (non-hydrogen) atoms. The summed E-state index contributed by atoms with van der Waals surface area (Å²) in [6.45, 7) is 5.43. The lowest BCUT2D eigenvalue weighted by Gasteiger charge is -2.15. The number of carbonyl (C=O) groups excluding carboxylic acids is 9. The van der Waals surface area contributed by atoms with Crippen LogP contribution in [-0.2, 0) is 95.4 Å². The molecule has 4 atom stereocenters. The van der Waals surface area contributed by atoms with E-state index in [1.165, 1.54) is 24.3 Å². The van der Waals surface area contributed by atoms with Crippen LogP contribution in [0.1, 0.15) is 220 Å². The SMILES string of the molecule is C[C@@H](CCCCNC(=O)COCCOCCCC(=O)COCCOCCNC(=O)CC[C@H](CC(=O)CCCCCCCCOc1ccc(C(=O)O)cc1)C(=O)O)C(=O)C[C@@H](CCCCNC(=O)COCCOCCNC(=O)COCCOCCCC(=O)CC[C@H](NC(=O)CCCCCCCCOc1ccc(C(=O)O)cc1)C(=O)O)C(=O)O. The molecule has 34 heteroatoms. The number of ketones is 4. The van der Waals surface area contributed by atoms with Gasteiger partial charge in [0.05, 0.1) is 102 Å². The fourth-order valence-corrected chi connectivity index (χ4v) is 11.5. The lowest BCUT2D eigenvalue weighted by molar-refractivity contribution is -0.144. The first-order valence-electron chi connectivity index (χ1n) is 41.1. The van der Waals surface area contributed by atoms with Crippen LogP contribution in [0.3, 0.4) is 0 Å². The molecule has 34 nitrogen and oxygen atoms in total. The molecular weight excluding hydrogens is 1530 g/mol. The van der Waals surface area contributed by atoms with E-state index in [0.717, 1.165) is 64.2 Å². The van der Waals surface area contributed by atoms with Crippen molar-refractivity contribution >= 4 is 82.5 Å². The number of carbonyl (C=O) groups is 14. The zero-order valence-electron chi connectivity index (χ0n) is 68.2. The number of carboxylic acid groups (broad SMARTS) is 5. The lowest BCUT2D eigenvalue weighted by Crippen LogP contribution is -2.41. The minimum absolute atomic E-state index is 0.0100. The highest BCUT2D eigenvalue weighted by Gasteiger charge is 2.26. The Bertz CT molecular complexity index is 3180. The quantitative estimate of drug-likeness (QED) is 0.0283. The van der Waals surface area contributed by atoms with Crippen molar-refractivity contribution in [1.29, 1.82) is 0 Å². The van der Waals surface area contributed by atoms with E-state index in [1.54, 1.807) is 31.2 Å². The smallest absolute Gasteiger partial charge is 0.335 e. The van der Waals surface area contributed by atoms with Gasteiger partial charge in [-0.15, -0.1) is 0 Å². The maximum Gasteiger partial charge on any atom is 0.335 e. The van der Waals surface area contributed by atoms with E-state index in [0.29, 0.717) is 102 Å². The van der Waals surface area contributed by atoms with Gasteiger partial charge < -0.3 is 99.5 Å². The molecule has 0 saturated heterocycles. The monoisotopic (exact) mass is 1660 g/mol. The molecule has 0 aliphatic rings. The highest BCUT2D eigenvalue weighted by molar-refractivity contribution is 5.89. The second kappa shape index (κ2) is 69.1. The number of rotatable bonds is 81. The number of nitrogens with one attached hydrogen (secondary N) is 5. The van der Waals surface area contributed by atoms with Crippen molar-refractivity contribution in [3.8, 4) is 11.5 Å². The first-order valence-corrected chi connectivity index (χ1v) is 41.1. The largest absolute Gasteiger partial charge is 0.494 e. The molecule has 0 aliphatic heterocycles. The normalized spacial score (nSPS) is 12.1. The second-order valence-electron chi connectivity index (χ2n) is 28.4. The Kier molecular flexibility index (Phi) is 61.5. The van der Waals surface area contributed by atoms with Crippen molar-refractivity contribution < 1.29 is 140 Å². The van der Waals surface area contributed by atoms with Gasteiger partial charge in [-0.3, -0.25) is 52.7 Å². The van der Waals surface area contributed by atoms with E-state index >= 15 is 0 Å². The van der Waals surface area contributed by atoms with Crippen LogP contribution in [0, 0.1) is 17.8 Å². The summed E-state index contributed by atoms with van der Waals surface area (Å²) in [7, 11) is 0. The molecular formula is C83H129N5O29. The van der Waals surface area contributed by atoms with Crippen molar-refractivity contribution in [3.05, 3.63) is 59.7 Å². The molecule has 10 N–H and O–H groups in total. The predicted molar refractivity (Wildman–Crippen MR) is 426 cm³/mol. The third-order valence-corrected chi connectivity index (χ3v) is 18.4. The summed E-state index contributed by atoms with van der Waals surface area (Å²) in [6, 6.07) is 11.3. The summed E-state index contributed by atoms with van der Waals surface area (Å²) in [5.74, 6) is -8.68. The average Bonchev–Trinajstić information content (AvgIpc) is 0.895. The Hall–Kier alpha value is -8.90. The fraction of sp³-hybridized carbons (Fsp3) is 0.687. The van der Waals surface area contributed by atoms with Gasteiger partial charge in [0.15, 0.2) is 5.78 Å². The maximum atomic E-state index is 12.9. The number of carboxylic acids is 5. The van der Waals surface area contributed by atoms with Crippen LogP contribution in [0.25, 0.3) is 0 Å². The number of hydrogen-bond donors (Lipinski definition) is 10. The zero-order chi connectivity index (χ0) is 85.7. The number of hydrogen-bond acceptors (Lipinski definition) is 24. The summed E-state index contributed by atoms with van der Waals surface area (Å²) in [6.07, 6.45) is 14.7. The van der Waals surface area contributed by atoms with Crippen molar-refractivity contribution in [2.45, 2.75) is 206 Å². The second-order valence-corrected chi connectivity index (χ2v) is 28.4. The van der Waals surface area contributed by atoms with E-state index in [9.17, 15) is 82.4 Å². The van der Waals surface area contributed by atoms with Gasteiger partial charge >= 0.3 is 29.8 Å². The third-order valence-electron chi connectivity index (χ3n) is 18.4. The molecule has 660 valence electrons. The highest BCUT2D eigenvalue weighted by Crippen LogP contribution is 2.21. The molecule has 0 bridgehead atoms. The molecule has 2 rings (SSSR count). The van der Waals surface area contributed by atoms with E-state index in [-0.39, 0.29) is 253 Å². The Balaban J connectivity index is 1.33. The van der Waals surface area contributed by atoms with Crippen molar-refractivity contribution in [1.82, 2.24) is 26.6 Å². The summed E-state index contributed by atoms with van der Waals surface area (Å²) in [5, 5.41) is 60.3. The Morgan fingerprint density at radius 3 is 1.16 bits per heavy atom. The van der Waals surface area contributed by atoms with Crippen LogP contribution >= 0.6 is 0 Å². The van der Waals surface area contributed by atoms with Gasteiger partial charge in [0.1, 0.15) is 61.3 Å². The Labute approximate surface area is 686 Å². The minimum Gasteiger partial charge on any atom is -0.494 e. The van der Waals surface area contributed by atoms with E-state index in [1.807, 2.05) is 0 Å². The van der Waals surface area contributed by atoms with Gasteiger partial charge in [-0.1, -0.05) is 71.1 Å². The minimum atomic E-state index is -1.21. The summed E-state index contributed by atoms with van der Waals surface area (Å²) in [4.78, 5) is 169. The van der Waals surface area contributed by atoms with E-state index in [2.05, 4.69) is 26.6 Å². The first kappa shape index (κ1) is 104. The van der Waals surface area contributed by atoms with E-state index < -0.39 is 47.7 Å². The summed E-state index contributed by atoms with van der Waals surface area (Å²) >= 11 is 0. The molecule has 0 saturated carbocycles. The molecule has 0 unspecified atom stereocenters. The van der Waals surface area contributed by atoms with Gasteiger partial charge in [0, 0.05) is 96.7 Å². The summed E-state index contributed by atoms with van der Waals surface area (Å²) < 4.78 is 54.5. The predicted octanol–water partition coefficient (Wildman–Crippen LogP) is 7.72. The average molecular weight is 1660 g/mol. The molecule has 0 heterocycles. The first-order chi connectivity index (χ1) is 56.4. The maximum absolute atomic E-state index is 12.9. The van der Waals surface area contributed by atoms with Crippen LogP contribution in [0.15, 0.2) is 48.5 Å². The van der Waals surface area contributed by atoms with E-state index in [4.69, 9.17) is 57.6 Å². The molecule has 0 spiro atoms. The lowest BCUT2D eigenvalue weighted by atomic mass is 9.89. The van der Waals surface area contributed by atoms with Crippen LogP contribution in [0.5, 0.6) is 11.5 Å². The van der Waals surface area contributed by atoms with Gasteiger partial charge in [-0.25, -0.2) is 14.4 Å².